The van der Waals surface area contributed by atoms with Crippen LogP contribution in [0.2, 0.25) is 0 Å². The number of unbranched alkanes of at least 4 members (excludes halogenated alkanes) is 1. The molecule has 25 heavy (non-hydrogen) atoms. The fourth-order valence-corrected chi connectivity index (χ4v) is 2.83. The highest BCUT2D eigenvalue weighted by Gasteiger charge is 2.20. The van der Waals surface area contributed by atoms with E-state index in [0.29, 0.717) is 12.0 Å². The molecular formula is C19H18O6. The van der Waals surface area contributed by atoms with Gasteiger partial charge >= 0.3 is 0 Å². The molecule has 6 nitrogen and oxygen atoms in total. The van der Waals surface area contributed by atoms with Crippen LogP contribution in [0.15, 0.2) is 39.5 Å². The van der Waals surface area contributed by atoms with Gasteiger partial charge in [0.25, 0.3) is 0 Å². The van der Waals surface area contributed by atoms with Gasteiger partial charge in [-0.05, 0) is 25.0 Å². The van der Waals surface area contributed by atoms with Crippen LogP contribution in [0.3, 0.4) is 0 Å². The average molecular weight is 342 g/mol. The van der Waals surface area contributed by atoms with Crippen LogP contribution in [0.25, 0.3) is 22.3 Å². The topological polar surface area (TPSA) is 111 Å². The summed E-state index contributed by atoms with van der Waals surface area (Å²) >= 11 is 0. The average Bonchev–Trinajstić information content (AvgIpc) is 2.53. The summed E-state index contributed by atoms with van der Waals surface area (Å²) < 4.78 is 5.78. The van der Waals surface area contributed by atoms with Crippen molar-refractivity contribution in [2.75, 3.05) is 0 Å². The summed E-state index contributed by atoms with van der Waals surface area (Å²) in [6.07, 6.45) is 1.98. The van der Waals surface area contributed by atoms with Crippen molar-refractivity contribution in [1.82, 2.24) is 0 Å². The van der Waals surface area contributed by atoms with E-state index >= 15 is 0 Å². The van der Waals surface area contributed by atoms with Crippen molar-refractivity contribution in [1.29, 1.82) is 0 Å². The minimum Gasteiger partial charge on any atom is -0.508 e. The molecule has 0 saturated carbocycles. The van der Waals surface area contributed by atoms with Crippen molar-refractivity contribution in [3.63, 3.8) is 0 Å². The smallest absolute Gasteiger partial charge is 0.200 e. The van der Waals surface area contributed by atoms with Gasteiger partial charge in [-0.3, -0.25) is 4.79 Å². The zero-order chi connectivity index (χ0) is 18.1. The Morgan fingerprint density at radius 3 is 2.36 bits per heavy atom. The van der Waals surface area contributed by atoms with E-state index in [1.54, 1.807) is 0 Å². The zero-order valence-corrected chi connectivity index (χ0v) is 13.6. The Balaban J connectivity index is 2.37. The molecule has 0 fully saturated rings. The molecule has 0 spiro atoms. The Morgan fingerprint density at radius 2 is 1.68 bits per heavy atom. The predicted molar refractivity (Wildman–Crippen MR) is 93.2 cm³/mol. The number of phenols is 4. The largest absolute Gasteiger partial charge is 0.508 e. The van der Waals surface area contributed by atoms with Gasteiger partial charge in [0.05, 0.1) is 5.56 Å². The monoisotopic (exact) mass is 342 g/mol. The highest BCUT2D eigenvalue weighted by Crippen LogP contribution is 2.37. The number of hydrogen-bond donors (Lipinski definition) is 4. The fourth-order valence-electron chi connectivity index (χ4n) is 2.83. The standard InChI is InChI=1S/C19H18O6/c1-2-3-4-13-18(24)17-15(23)8-11(21)9-16(17)25-19(13)12-6-5-10(20)7-14(12)22/h5-9,20-23H,2-4H2,1H3. The third-order valence-corrected chi connectivity index (χ3v) is 4.06. The van der Waals surface area contributed by atoms with Crippen LogP contribution in [0.1, 0.15) is 25.3 Å². The third-order valence-electron chi connectivity index (χ3n) is 4.06. The van der Waals surface area contributed by atoms with Crippen LogP contribution >= 0.6 is 0 Å². The van der Waals surface area contributed by atoms with Gasteiger partial charge in [0.15, 0.2) is 5.43 Å². The summed E-state index contributed by atoms with van der Waals surface area (Å²) in [5.41, 5.74) is 0.196. The summed E-state index contributed by atoms with van der Waals surface area (Å²) in [5, 5.41) is 39.3. The Labute approximate surface area is 143 Å². The number of fused-ring (bicyclic) bond motifs is 1. The summed E-state index contributed by atoms with van der Waals surface area (Å²) in [5.74, 6) is -0.786. The Bertz CT molecular complexity index is 1000. The molecule has 1 aromatic heterocycles. The van der Waals surface area contributed by atoms with Gasteiger partial charge in [0.1, 0.15) is 39.7 Å². The van der Waals surface area contributed by atoms with Gasteiger partial charge in [-0.25, -0.2) is 0 Å². The molecule has 4 N–H and O–H groups in total. The highest BCUT2D eigenvalue weighted by molar-refractivity contribution is 5.87. The lowest BCUT2D eigenvalue weighted by Gasteiger charge is -2.12. The molecule has 0 unspecified atom stereocenters. The van der Waals surface area contributed by atoms with E-state index in [2.05, 4.69) is 0 Å². The second kappa shape index (κ2) is 6.39. The van der Waals surface area contributed by atoms with E-state index in [-0.39, 0.29) is 45.3 Å². The number of phenolic OH excluding ortho intramolecular Hbond substituents is 4. The van der Waals surface area contributed by atoms with Gasteiger partial charge in [0.2, 0.25) is 0 Å². The fraction of sp³-hybridized carbons (Fsp3) is 0.211. The molecule has 1 heterocycles. The number of aromatic hydroxyl groups is 4. The van der Waals surface area contributed by atoms with E-state index in [4.69, 9.17) is 4.42 Å². The Kier molecular flexibility index (Phi) is 4.27. The lowest BCUT2D eigenvalue weighted by Crippen LogP contribution is -2.11. The molecule has 0 atom stereocenters. The first kappa shape index (κ1) is 16.7. The molecule has 0 aliphatic carbocycles. The normalized spacial score (nSPS) is 11.1. The quantitative estimate of drug-likeness (QED) is 0.576. The van der Waals surface area contributed by atoms with E-state index < -0.39 is 5.43 Å². The highest BCUT2D eigenvalue weighted by atomic mass is 16.3. The molecule has 0 radical (unpaired) electrons. The molecular weight excluding hydrogens is 324 g/mol. The molecule has 130 valence electrons. The summed E-state index contributed by atoms with van der Waals surface area (Å²) in [6.45, 7) is 1.98. The van der Waals surface area contributed by atoms with Crippen LogP contribution in [0.4, 0.5) is 0 Å². The molecule has 2 aromatic carbocycles. The number of rotatable bonds is 4. The molecule has 0 amide bonds. The van der Waals surface area contributed by atoms with Crippen LogP contribution in [-0.2, 0) is 6.42 Å². The van der Waals surface area contributed by atoms with Gasteiger partial charge in [0, 0.05) is 23.8 Å². The van der Waals surface area contributed by atoms with Gasteiger partial charge < -0.3 is 24.8 Å². The van der Waals surface area contributed by atoms with Crippen molar-refractivity contribution >= 4 is 11.0 Å². The molecule has 0 aliphatic rings. The first-order valence-corrected chi connectivity index (χ1v) is 7.96. The van der Waals surface area contributed by atoms with E-state index in [0.717, 1.165) is 25.0 Å². The maximum Gasteiger partial charge on any atom is 0.200 e. The Hall–Kier alpha value is -3.15. The van der Waals surface area contributed by atoms with Crippen LogP contribution in [0, 0.1) is 0 Å². The third kappa shape index (κ3) is 2.98. The molecule has 6 heteroatoms. The van der Waals surface area contributed by atoms with Crippen LogP contribution in [0.5, 0.6) is 23.0 Å². The van der Waals surface area contributed by atoms with Crippen molar-refractivity contribution < 1.29 is 24.8 Å². The maximum absolute atomic E-state index is 12.9. The second-order valence-corrected chi connectivity index (χ2v) is 5.88. The van der Waals surface area contributed by atoms with E-state index in [1.807, 2.05) is 6.92 Å². The van der Waals surface area contributed by atoms with E-state index in [1.165, 1.54) is 18.2 Å². The zero-order valence-electron chi connectivity index (χ0n) is 13.6. The predicted octanol–water partition coefficient (Wildman–Crippen LogP) is 3.63. The first-order valence-electron chi connectivity index (χ1n) is 7.96. The molecule has 3 rings (SSSR count). The molecule has 0 aliphatic heterocycles. The lowest BCUT2D eigenvalue weighted by atomic mass is 9.99. The van der Waals surface area contributed by atoms with Crippen molar-refractivity contribution in [3.8, 4) is 34.3 Å². The van der Waals surface area contributed by atoms with Crippen molar-refractivity contribution in [2.45, 2.75) is 26.2 Å². The Morgan fingerprint density at radius 1 is 0.960 bits per heavy atom. The summed E-state index contributed by atoms with van der Waals surface area (Å²) in [6, 6.07) is 6.31. The summed E-state index contributed by atoms with van der Waals surface area (Å²) in [7, 11) is 0. The second-order valence-electron chi connectivity index (χ2n) is 5.88. The molecule has 0 saturated heterocycles. The summed E-state index contributed by atoms with van der Waals surface area (Å²) in [4.78, 5) is 12.9. The number of hydrogen-bond acceptors (Lipinski definition) is 6. The number of benzene rings is 2. The van der Waals surface area contributed by atoms with Crippen LogP contribution < -0.4 is 5.43 Å². The SMILES string of the molecule is CCCCc1c(-c2ccc(O)cc2O)oc2cc(O)cc(O)c2c1=O. The minimum absolute atomic E-state index is 0.00841. The minimum atomic E-state index is -0.408. The lowest BCUT2D eigenvalue weighted by molar-refractivity contribution is 0.449. The van der Waals surface area contributed by atoms with Crippen molar-refractivity contribution in [2.24, 2.45) is 0 Å². The van der Waals surface area contributed by atoms with Gasteiger partial charge in [-0.15, -0.1) is 0 Å². The molecule has 0 bridgehead atoms. The molecule has 3 aromatic rings. The van der Waals surface area contributed by atoms with Gasteiger partial charge in [-0.2, -0.15) is 0 Å². The first-order chi connectivity index (χ1) is 11.9. The van der Waals surface area contributed by atoms with Crippen molar-refractivity contribution in [3.05, 3.63) is 46.1 Å². The van der Waals surface area contributed by atoms with Gasteiger partial charge in [-0.1, -0.05) is 13.3 Å². The maximum atomic E-state index is 12.9. The van der Waals surface area contributed by atoms with Crippen LogP contribution in [-0.4, -0.2) is 20.4 Å². The van der Waals surface area contributed by atoms with E-state index in [9.17, 15) is 25.2 Å².